The van der Waals surface area contributed by atoms with E-state index in [4.69, 9.17) is 4.74 Å². The number of rotatable bonds is 8. The van der Waals surface area contributed by atoms with Crippen LogP contribution < -0.4 is 9.46 Å². The molecule has 1 aliphatic heterocycles. The van der Waals surface area contributed by atoms with Crippen LogP contribution in [0.25, 0.3) is 0 Å². The minimum absolute atomic E-state index is 0.1000. The van der Waals surface area contributed by atoms with E-state index in [1.54, 1.807) is 72.8 Å². The first kappa shape index (κ1) is 25.5. The zero-order valence-electron chi connectivity index (χ0n) is 20.4. The third kappa shape index (κ3) is 4.88. The molecule has 10 heteroatoms. The molecular formula is C28H25N3O5S2. The van der Waals surface area contributed by atoms with E-state index in [1.165, 1.54) is 31.4 Å². The normalized spacial score (nSPS) is 15.7. The van der Waals surface area contributed by atoms with Gasteiger partial charge in [-0.1, -0.05) is 72.8 Å². The number of benzene rings is 4. The molecule has 0 spiro atoms. The Bertz CT molecular complexity index is 1690. The number of hydrazone groups is 1. The molecule has 1 aliphatic rings. The van der Waals surface area contributed by atoms with E-state index in [0.717, 1.165) is 4.41 Å². The van der Waals surface area contributed by atoms with Crippen molar-refractivity contribution >= 4 is 31.4 Å². The first-order chi connectivity index (χ1) is 18.3. The summed E-state index contributed by atoms with van der Waals surface area (Å²) in [7, 11) is -6.40. The summed E-state index contributed by atoms with van der Waals surface area (Å²) in [5.74, 6) is 0.528. The fourth-order valence-electron chi connectivity index (χ4n) is 4.37. The Balaban J connectivity index is 1.60. The van der Waals surface area contributed by atoms with Gasteiger partial charge in [0.25, 0.3) is 20.0 Å². The zero-order valence-corrected chi connectivity index (χ0v) is 22.1. The van der Waals surface area contributed by atoms with Crippen molar-refractivity contribution in [1.29, 1.82) is 0 Å². The number of ether oxygens (including phenoxy) is 1. The molecule has 194 valence electrons. The van der Waals surface area contributed by atoms with E-state index in [0.29, 0.717) is 28.3 Å². The Hall–Kier alpha value is -4.15. The van der Waals surface area contributed by atoms with Gasteiger partial charge in [0, 0.05) is 17.5 Å². The van der Waals surface area contributed by atoms with Crippen LogP contribution in [0.1, 0.15) is 23.6 Å². The standard InChI is InChI=1S/C28H25N3O5S2/c1-36-28-19-11-9-17-24(28)27-20-26(29-31(27)38(34,35)22-14-6-3-7-15-22)23-16-8-10-18-25(23)30-37(32,33)21-12-4-2-5-13-21/h2-19,27,30H,20H2,1H3/t27-/m1/s1. The summed E-state index contributed by atoms with van der Waals surface area (Å²) in [4.78, 5) is 0.214. The summed E-state index contributed by atoms with van der Waals surface area (Å²) in [5, 5.41) is 4.57. The summed E-state index contributed by atoms with van der Waals surface area (Å²) in [5.41, 5.74) is 1.85. The van der Waals surface area contributed by atoms with E-state index in [9.17, 15) is 16.8 Å². The lowest BCUT2D eigenvalue weighted by Crippen LogP contribution is -2.27. The van der Waals surface area contributed by atoms with E-state index in [-0.39, 0.29) is 16.2 Å². The molecule has 0 unspecified atom stereocenters. The average molecular weight is 548 g/mol. The van der Waals surface area contributed by atoms with Gasteiger partial charge in [0.1, 0.15) is 5.75 Å². The zero-order chi connectivity index (χ0) is 26.8. The molecular weight excluding hydrogens is 522 g/mol. The van der Waals surface area contributed by atoms with Gasteiger partial charge >= 0.3 is 0 Å². The van der Waals surface area contributed by atoms with Crippen molar-refractivity contribution < 1.29 is 21.6 Å². The topological polar surface area (TPSA) is 105 Å². The van der Waals surface area contributed by atoms with Gasteiger partial charge in [0.05, 0.1) is 34.3 Å². The molecule has 1 atom stereocenters. The minimum atomic E-state index is -4.04. The second kappa shape index (κ2) is 10.3. The number of para-hydroxylation sites is 2. The van der Waals surface area contributed by atoms with Gasteiger partial charge in [-0.05, 0) is 36.4 Å². The second-order valence-corrected chi connectivity index (χ2v) is 12.0. The van der Waals surface area contributed by atoms with E-state index < -0.39 is 26.1 Å². The van der Waals surface area contributed by atoms with Gasteiger partial charge in [0.2, 0.25) is 0 Å². The molecule has 0 aromatic heterocycles. The quantitative estimate of drug-likeness (QED) is 0.333. The van der Waals surface area contributed by atoms with Crippen LogP contribution in [0.15, 0.2) is 124 Å². The van der Waals surface area contributed by atoms with E-state index >= 15 is 0 Å². The Labute approximate surface area is 222 Å². The molecule has 4 aromatic carbocycles. The molecule has 0 radical (unpaired) electrons. The summed E-state index contributed by atoms with van der Waals surface area (Å²) in [6, 6.07) is 29.4. The predicted octanol–water partition coefficient (Wildman–Crippen LogP) is 5.04. The average Bonchev–Trinajstić information content (AvgIpc) is 3.40. The van der Waals surface area contributed by atoms with Crippen LogP contribution in [-0.2, 0) is 20.0 Å². The van der Waals surface area contributed by atoms with Crippen molar-refractivity contribution in [3.05, 3.63) is 120 Å². The van der Waals surface area contributed by atoms with Gasteiger partial charge in [-0.3, -0.25) is 4.72 Å². The van der Waals surface area contributed by atoms with Crippen molar-refractivity contribution in [2.24, 2.45) is 5.10 Å². The molecule has 4 aromatic rings. The molecule has 8 nitrogen and oxygen atoms in total. The SMILES string of the molecule is COc1ccccc1[C@H]1CC(c2ccccc2NS(=O)(=O)c2ccccc2)=NN1S(=O)(=O)c1ccccc1. The molecule has 0 amide bonds. The van der Waals surface area contributed by atoms with Crippen LogP contribution in [0, 0.1) is 0 Å². The Morgan fingerprint density at radius 1 is 0.763 bits per heavy atom. The molecule has 1 N–H and O–H groups in total. The minimum Gasteiger partial charge on any atom is -0.496 e. The lowest BCUT2D eigenvalue weighted by atomic mass is 9.97. The van der Waals surface area contributed by atoms with Crippen molar-refractivity contribution in [2.75, 3.05) is 11.8 Å². The largest absolute Gasteiger partial charge is 0.496 e. The highest BCUT2D eigenvalue weighted by Crippen LogP contribution is 2.41. The van der Waals surface area contributed by atoms with Crippen LogP contribution >= 0.6 is 0 Å². The fraction of sp³-hybridized carbons (Fsp3) is 0.107. The molecule has 5 rings (SSSR count). The summed E-state index contributed by atoms with van der Waals surface area (Å²) >= 11 is 0. The van der Waals surface area contributed by atoms with Gasteiger partial charge in [-0.2, -0.15) is 17.9 Å². The van der Waals surface area contributed by atoms with Crippen LogP contribution in [0.3, 0.4) is 0 Å². The Morgan fingerprint density at radius 3 is 2.03 bits per heavy atom. The number of sulfonamides is 2. The van der Waals surface area contributed by atoms with Crippen molar-refractivity contribution in [3.8, 4) is 5.75 Å². The fourth-order valence-corrected chi connectivity index (χ4v) is 6.92. The maximum absolute atomic E-state index is 13.8. The van der Waals surface area contributed by atoms with Gasteiger partial charge < -0.3 is 4.74 Å². The highest BCUT2D eigenvalue weighted by atomic mass is 32.2. The van der Waals surface area contributed by atoms with E-state index in [2.05, 4.69) is 9.82 Å². The Kier molecular flexibility index (Phi) is 6.92. The number of hydrogen-bond donors (Lipinski definition) is 1. The lowest BCUT2D eigenvalue weighted by Gasteiger charge is -2.24. The van der Waals surface area contributed by atoms with Crippen molar-refractivity contribution in [3.63, 3.8) is 0 Å². The molecule has 0 fully saturated rings. The Morgan fingerprint density at radius 2 is 1.34 bits per heavy atom. The second-order valence-electron chi connectivity index (χ2n) is 8.56. The summed E-state index contributed by atoms with van der Waals surface area (Å²) in [6.45, 7) is 0. The first-order valence-electron chi connectivity index (χ1n) is 11.8. The molecule has 1 heterocycles. The van der Waals surface area contributed by atoms with Gasteiger partial charge in [-0.15, -0.1) is 0 Å². The van der Waals surface area contributed by atoms with Gasteiger partial charge in [0.15, 0.2) is 0 Å². The highest BCUT2D eigenvalue weighted by molar-refractivity contribution is 7.92. The van der Waals surface area contributed by atoms with Crippen LogP contribution in [0.5, 0.6) is 5.75 Å². The maximum atomic E-state index is 13.8. The number of anilines is 1. The predicted molar refractivity (Wildman–Crippen MR) is 146 cm³/mol. The molecule has 0 saturated heterocycles. The summed E-state index contributed by atoms with van der Waals surface area (Å²) in [6.07, 6.45) is 0.205. The monoisotopic (exact) mass is 547 g/mol. The molecule has 0 bridgehead atoms. The van der Waals surface area contributed by atoms with E-state index in [1.807, 2.05) is 12.1 Å². The number of methoxy groups -OCH3 is 1. The highest BCUT2D eigenvalue weighted by Gasteiger charge is 2.39. The van der Waals surface area contributed by atoms with Crippen LogP contribution in [0.4, 0.5) is 5.69 Å². The third-order valence-electron chi connectivity index (χ3n) is 6.19. The van der Waals surface area contributed by atoms with Crippen LogP contribution in [-0.4, -0.2) is 34.1 Å². The van der Waals surface area contributed by atoms with Gasteiger partial charge in [-0.25, -0.2) is 8.42 Å². The third-order valence-corrected chi connectivity index (χ3v) is 9.27. The van der Waals surface area contributed by atoms with Crippen LogP contribution in [0.2, 0.25) is 0 Å². The molecule has 38 heavy (non-hydrogen) atoms. The van der Waals surface area contributed by atoms with Crippen molar-refractivity contribution in [1.82, 2.24) is 4.41 Å². The summed E-state index contributed by atoms with van der Waals surface area (Å²) < 4.78 is 62.9. The first-order valence-corrected chi connectivity index (χ1v) is 14.7. The lowest BCUT2D eigenvalue weighted by molar-refractivity contribution is 0.350. The number of nitrogens with zero attached hydrogens (tertiary/aromatic N) is 2. The molecule has 0 aliphatic carbocycles. The van der Waals surface area contributed by atoms with Crippen molar-refractivity contribution in [2.45, 2.75) is 22.3 Å². The number of nitrogens with one attached hydrogen (secondary N) is 1. The molecule has 0 saturated carbocycles. The maximum Gasteiger partial charge on any atom is 0.279 e. The smallest absolute Gasteiger partial charge is 0.279 e. The number of hydrogen-bond acceptors (Lipinski definition) is 6.